The summed E-state index contributed by atoms with van der Waals surface area (Å²) < 4.78 is 25.4. The standard InChI is InChI=1S/C18H21N3O3S2/c1-11-9-13-10-12(7-8-15(13)21(11)26(2,23)24)17(22)20-18-19-14-5-3-4-6-16(14)25-18/h7-8,10-11H,3-6,9H2,1-2H3,(H,19,20,22). The fraction of sp³-hybridized carbons (Fsp3) is 0.444. The number of aryl methyl sites for hydroxylation is 2. The van der Waals surface area contributed by atoms with E-state index < -0.39 is 10.0 Å². The van der Waals surface area contributed by atoms with Crippen LogP contribution < -0.4 is 9.62 Å². The van der Waals surface area contributed by atoms with E-state index in [0.29, 0.717) is 22.8 Å². The largest absolute Gasteiger partial charge is 0.298 e. The molecule has 0 radical (unpaired) electrons. The number of carbonyl (C=O) groups excluding carboxylic acids is 1. The molecule has 1 atom stereocenters. The van der Waals surface area contributed by atoms with Crippen molar-refractivity contribution in [1.29, 1.82) is 0 Å². The SMILES string of the molecule is CC1Cc2cc(C(=O)Nc3nc4c(s3)CCCC4)ccc2N1S(C)(=O)=O. The Bertz CT molecular complexity index is 958. The van der Waals surface area contributed by atoms with Gasteiger partial charge in [-0.05, 0) is 62.8 Å². The lowest BCUT2D eigenvalue weighted by molar-refractivity contribution is 0.102. The predicted molar refractivity (Wildman–Crippen MR) is 104 cm³/mol. The van der Waals surface area contributed by atoms with Gasteiger partial charge in [-0.25, -0.2) is 13.4 Å². The molecule has 4 rings (SSSR count). The average molecular weight is 392 g/mol. The molecule has 6 nitrogen and oxygen atoms in total. The van der Waals surface area contributed by atoms with Crippen LogP contribution in [0.25, 0.3) is 0 Å². The van der Waals surface area contributed by atoms with Gasteiger partial charge in [-0.15, -0.1) is 11.3 Å². The molecule has 2 aromatic rings. The molecular formula is C18H21N3O3S2. The summed E-state index contributed by atoms with van der Waals surface area (Å²) in [4.78, 5) is 18.4. The van der Waals surface area contributed by atoms with E-state index in [1.54, 1.807) is 29.5 Å². The number of fused-ring (bicyclic) bond motifs is 2. The van der Waals surface area contributed by atoms with Crippen molar-refractivity contribution in [1.82, 2.24) is 4.98 Å². The first-order valence-corrected chi connectivity index (χ1v) is 11.4. The number of anilines is 2. The first-order chi connectivity index (χ1) is 12.3. The van der Waals surface area contributed by atoms with E-state index in [9.17, 15) is 13.2 Å². The predicted octanol–water partition coefficient (Wildman–Crippen LogP) is 2.98. The molecule has 1 aromatic carbocycles. The highest BCUT2D eigenvalue weighted by Crippen LogP contribution is 2.35. The lowest BCUT2D eigenvalue weighted by Crippen LogP contribution is -2.34. The van der Waals surface area contributed by atoms with Crippen LogP contribution in [0.1, 0.15) is 46.3 Å². The number of aromatic nitrogens is 1. The van der Waals surface area contributed by atoms with Crippen LogP contribution in [0.4, 0.5) is 10.8 Å². The quantitative estimate of drug-likeness (QED) is 0.872. The number of amides is 1. The van der Waals surface area contributed by atoms with Crippen LogP contribution in [0.2, 0.25) is 0 Å². The van der Waals surface area contributed by atoms with Gasteiger partial charge in [0.15, 0.2) is 5.13 Å². The first-order valence-electron chi connectivity index (χ1n) is 8.75. The molecule has 0 saturated carbocycles. The van der Waals surface area contributed by atoms with Crippen molar-refractivity contribution in [2.75, 3.05) is 15.9 Å². The van der Waals surface area contributed by atoms with Crippen LogP contribution in [0.3, 0.4) is 0 Å². The average Bonchev–Trinajstić information content (AvgIpc) is 3.12. The summed E-state index contributed by atoms with van der Waals surface area (Å²) in [6, 6.07) is 5.06. The van der Waals surface area contributed by atoms with Crippen molar-refractivity contribution in [2.45, 2.75) is 45.1 Å². The van der Waals surface area contributed by atoms with E-state index in [-0.39, 0.29) is 11.9 Å². The molecular weight excluding hydrogens is 370 g/mol. The molecule has 1 aliphatic carbocycles. The Morgan fingerprint density at radius 1 is 1.31 bits per heavy atom. The summed E-state index contributed by atoms with van der Waals surface area (Å²) >= 11 is 1.56. The van der Waals surface area contributed by atoms with Crippen molar-refractivity contribution < 1.29 is 13.2 Å². The number of sulfonamides is 1. The highest BCUT2D eigenvalue weighted by Gasteiger charge is 2.32. The Hall–Kier alpha value is -1.93. The van der Waals surface area contributed by atoms with E-state index in [1.165, 1.54) is 21.9 Å². The number of hydrogen-bond donors (Lipinski definition) is 1. The Morgan fingerprint density at radius 3 is 2.81 bits per heavy atom. The molecule has 1 aromatic heterocycles. The third-order valence-electron chi connectivity index (χ3n) is 4.92. The molecule has 0 bridgehead atoms. The number of thiazole rings is 1. The van der Waals surface area contributed by atoms with Gasteiger partial charge in [-0.1, -0.05) is 0 Å². The third kappa shape index (κ3) is 3.12. The maximum Gasteiger partial charge on any atom is 0.257 e. The number of nitrogens with one attached hydrogen (secondary N) is 1. The number of carbonyl (C=O) groups is 1. The van der Waals surface area contributed by atoms with Gasteiger partial charge in [0.05, 0.1) is 17.6 Å². The minimum atomic E-state index is -3.32. The van der Waals surface area contributed by atoms with Crippen LogP contribution in [0.5, 0.6) is 0 Å². The van der Waals surface area contributed by atoms with Gasteiger partial charge in [0.2, 0.25) is 10.0 Å². The molecule has 0 spiro atoms. The fourth-order valence-electron chi connectivity index (χ4n) is 3.82. The van der Waals surface area contributed by atoms with Gasteiger partial charge in [0, 0.05) is 16.5 Å². The molecule has 26 heavy (non-hydrogen) atoms. The Kier molecular flexibility index (Phi) is 4.27. The lowest BCUT2D eigenvalue weighted by atomic mass is 10.0. The number of nitrogens with zero attached hydrogens (tertiary/aromatic N) is 2. The zero-order chi connectivity index (χ0) is 18.5. The van der Waals surface area contributed by atoms with Crippen LogP contribution >= 0.6 is 11.3 Å². The van der Waals surface area contributed by atoms with Crippen molar-refractivity contribution >= 4 is 38.1 Å². The third-order valence-corrected chi connectivity index (χ3v) is 7.26. The monoisotopic (exact) mass is 391 g/mol. The highest BCUT2D eigenvalue weighted by molar-refractivity contribution is 7.92. The van der Waals surface area contributed by atoms with E-state index in [0.717, 1.165) is 30.5 Å². The van der Waals surface area contributed by atoms with E-state index >= 15 is 0 Å². The molecule has 1 amide bonds. The Labute approximate surface area is 157 Å². The Balaban J connectivity index is 1.57. The molecule has 2 heterocycles. The van der Waals surface area contributed by atoms with Crippen molar-refractivity contribution in [3.8, 4) is 0 Å². The second-order valence-corrected chi connectivity index (χ2v) is 9.95. The molecule has 0 fully saturated rings. The van der Waals surface area contributed by atoms with Gasteiger partial charge in [-0.2, -0.15) is 0 Å². The zero-order valence-corrected chi connectivity index (χ0v) is 16.4. The number of hydrogen-bond acceptors (Lipinski definition) is 5. The molecule has 138 valence electrons. The van der Waals surface area contributed by atoms with Crippen LogP contribution in [-0.2, 0) is 29.3 Å². The lowest BCUT2D eigenvalue weighted by Gasteiger charge is -2.21. The highest BCUT2D eigenvalue weighted by atomic mass is 32.2. The number of rotatable bonds is 3. The van der Waals surface area contributed by atoms with Gasteiger partial charge >= 0.3 is 0 Å². The zero-order valence-electron chi connectivity index (χ0n) is 14.8. The summed E-state index contributed by atoms with van der Waals surface area (Å²) in [6.07, 6.45) is 6.19. The molecule has 1 unspecified atom stereocenters. The van der Waals surface area contributed by atoms with Crippen molar-refractivity contribution in [3.63, 3.8) is 0 Å². The second-order valence-electron chi connectivity index (χ2n) is 7.01. The van der Waals surface area contributed by atoms with E-state index in [4.69, 9.17) is 0 Å². The van der Waals surface area contributed by atoms with Crippen LogP contribution in [0, 0.1) is 0 Å². The number of benzene rings is 1. The Morgan fingerprint density at radius 2 is 2.08 bits per heavy atom. The summed E-state index contributed by atoms with van der Waals surface area (Å²) in [5.74, 6) is -0.204. The summed E-state index contributed by atoms with van der Waals surface area (Å²) in [6.45, 7) is 1.88. The molecule has 1 aliphatic heterocycles. The van der Waals surface area contributed by atoms with E-state index in [1.807, 2.05) is 6.92 Å². The van der Waals surface area contributed by atoms with Gasteiger partial charge < -0.3 is 0 Å². The molecule has 1 N–H and O–H groups in total. The van der Waals surface area contributed by atoms with Crippen molar-refractivity contribution in [3.05, 3.63) is 39.9 Å². The van der Waals surface area contributed by atoms with Gasteiger partial charge in [-0.3, -0.25) is 14.4 Å². The van der Waals surface area contributed by atoms with Crippen molar-refractivity contribution in [2.24, 2.45) is 0 Å². The van der Waals surface area contributed by atoms with Gasteiger partial charge in [0.1, 0.15) is 0 Å². The minimum absolute atomic E-state index is 0.135. The van der Waals surface area contributed by atoms with Crippen LogP contribution in [-0.4, -0.2) is 31.6 Å². The normalized spacial score (nSPS) is 19.2. The molecule has 8 heteroatoms. The van der Waals surface area contributed by atoms with Gasteiger partial charge in [0.25, 0.3) is 5.91 Å². The summed E-state index contributed by atoms with van der Waals surface area (Å²) in [5, 5.41) is 3.54. The maximum atomic E-state index is 12.6. The first kappa shape index (κ1) is 17.5. The summed E-state index contributed by atoms with van der Waals surface area (Å²) in [5.41, 5.74) is 3.19. The fourth-order valence-corrected chi connectivity index (χ4v) is 6.13. The maximum absolute atomic E-state index is 12.6. The molecule has 2 aliphatic rings. The van der Waals surface area contributed by atoms with E-state index in [2.05, 4.69) is 10.3 Å². The van der Waals surface area contributed by atoms with Crippen LogP contribution in [0.15, 0.2) is 18.2 Å². The molecule has 0 saturated heterocycles. The smallest absolute Gasteiger partial charge is 0.257 e. The summed E-state index contributed by atoms with van der Waals surface area (Å²) in [7, 11) is -3.32. The second kappa shape index (κ2) is 6.35. The topological polar surface area (TPSA) is 79.4 Å². The minimum Gasteiger partial charge on any atom is -0.298 e.